The molecule has 0 aliphatic carbocycles. The maximum atomic E-state index is 12.0. The Kier molecular flexibility index (Phi) is 20.4. The van der Waals surface area contributed by atoms with Crippen LogP contribution in [0.1, 0.15) is 124 Å². The molecule has 0 radical (unpaired) electrons. The van der Waals surface area contributed by atoms with Crippen molar-refractivity contribution in [2.75, 3.05) is 19.8 Å². The van der Waals surface area contributed by atoms with E-state index in [2.05, 4.69) is 0 Å². The molecule has 0 aromatic rings. The lowest BCUT2D eigenvalue weighted by atomic mass is 10.0. The summed E-state index contributed by atoms with van der Waals surface area (Å²) in [6.45, 7) is 7.95. The van der Waals surface area contributed by atoms with Gasteiger partial charge in [-0.1, -0.05) is 83.5 Å². The lowest BCUT2D eigenvalue weighted by Crippen LogP contribution is -2.45. The molecule has 7 heteroatoms. The molecule has 0 saturated carbocycles. The van der Waals surface area contributed by atoms with Gasteiger partial charge in [0.05, 0.1) is 0 Å². The van der Waals surface area contributed by atoms with E-state index in [1.807, 2.05) is 20.8 Å². The Morgan fingerprint density at radius 1 is 0.484 bits per heavy atom. The maximum absolute atomic E-state index is 12.0. The largest absolute Gasteiger partial charge is 0.500 e. The number of rotatable bonds is 23. The molecular weight excluding hydrogens is 421 g/mol. The van der Waals surface area contributed by atoms with E-state index < -0.39 is 21.4 Å². The highest BCUT2D eigenvalue weighted by atomic mass is 28.4. The smallest absolute Gasteiger partial charge is 0.374 e. The van der Waals surface area contributed by atoms with Gasteiger partial charge in [-0.25, -0.2) is 0 Å². The number of alkyl halides is 3. The zero-order valence-electron chi connectivity index (χ0n) is 20.5. The quantitative estimate of drug-likeness (QED) is 0.110. The van der Waals surface area contributed by atoms with Crippen molar-refractivity contribution >= 4 is 8.80 Å². The third-order valence-electron chi connectivity index (χ3n) is 5.54. The van der Waals surface area contributed by atoms with Crippen LogP contribution in [-0.2, 0) is 13.3 Å². The predicted molar refractivity (Wildman–Crippen MR) is 125 cm³/mol. The van der Waals surface area contributed by atoms with Crippen LogP contribution in [-0.4, -0.2) is 34.8 Å². The average molecular weight is 471 g/mol. The van der Waals surface area contributed by atoms with Crippen molar-refractivity contribution in [2.24, 2.45) is 0 Å². The monoisotopic (exact) mass is 470 g/mol. The zero-order chi connectivity index (χ0) is 23.3. The number of unbranched alkanes of at least 4 members (excludes halogenated alkanes) is 14. The van der Waals surface area contributed by atoms with Crippen LogP contribution in [0.4, 0.5) is 13.2 Å². The van der Waals surface area contributed by atoms with Crippen molar-refractivity contribution in [3.63, 3.8) is 0 Å². The van der Waals surface area contributed by atoms with Crippen LogP contribution in [0.25, 0.3) is 0 Å². The second-order valence-electron chi connectivity index (χ2n) is 8.40. The van der Waals surface area contributed by atoms with Gasteiger partial charge in [-0.05, 0) is 33.6 Å². The van der Waals surface area contributed by atoms with E-state index in [1.165, 1.54) is 64.2 Å². The molecule has 0 aromatic heterocycles. The molecular formula is C24H49F3O3Si. The highest BCUT2D eigenvalue weighted by Crippen LogP contribution is 2.23. The minimum Gasteiger partial charge on any atom is -0.374 e. The van der Waals surface area contributed by atoms with Gasteiger partial charge >= 0.3 is 15.0 Å². The van der Waals surface area contributed by atoms with Crippen molar-refractivity contribution < 1.29 is 26.4 Å². The summed E-state index contributed by atoms with van der Waals surface area (Å²) in [6, 6.07) is 0.921. The van der Waals surface area contributed by atoms with Gasteiger partial charge in [-0.2, -0.15) is 13.2 Å². The first-order chi connectivity index (χ1) is 14.9. The van der Waals surface area contributed by atoms with Gasteiger partial charge in [0.1, 0.15) is 0 Å². The van der Waals surface area contributed by atoms with Gasteiger partial charge in [-0.3, -0.25) is 0 Å². The van der Waals surface area contributed by atoms with Gasteiger partial charge in [-0.15, -0.1) is 0 Å². The topological polar surface area (TPSA) is 27.7 Å². The average Bonchev–Trinajstić information content (AvgIpc) is 2.70. The van der Waals surface area contributed by atoms with Gasteiger partial charge in [0.2, 0.25) is 0 Å². The first kappa shape index (κ1) is 30.9. The first-order valence-electron chi connectivity index (χ1n) is 12.9. The van der Waals surface area contributed by atoms with Crippen molar-refractivity contribution in [1.29, 1.82) is 0 Å². The van der Waals surface area contributed by atoms with Crippen LogP contribution < -0.4 is 0 Å². The maximum Gasteiger partial charge on any atom is 0.500 e. The lowest BCUT2D eigenvalue weighted by molar-refractivity contribution is -0.135. The lowest BCUT2D eigenvalue weighted by Gasteiger charge is -2.28. The zero-order valence-corrected chi connectivity index (χ0v) is 21.5. The second-order valence-corrected chi connectivity index (χ2v) is 11.1. The van der Waals surface area contributed by atoms with E-state index in [-0.39, 0.29) is 6.42 Å². The van der Waals surface area contributed by atoms with Gasteiger partial charge < -0.3 is 13.3 Å². The minimum absolute atomic E-state index is 0.290. The van der Waals surface area contributed by atoms with Crippen molar-refractivity contribution in [3.8, 4) is 0 Å². The van der Waals surface area contributed by atoms with Crippen LogP contribution in [0.5, 0.6) is 0 Å². The molecule has 0 aliphatic rings. The molecule has 188 valence electrons. The number of hydrogen-bond acceptors (Lipinski definition) is 3. The summed E-state index contributed by atoms with van der Waals surface area (Å²) in [5, 5.41) is 0. The van der Waals surface area contributed by atoms with E-state index in [1.54, 1.807) is 0 Å². The normalized spacial score (nSPS) is 12.6. The summed E-state index contributed by atoms with van der Waals surface area (Å²) < 4.78 is 53.8. The number of halogens is 3. The van der Waals surface area contributed by atoms with Crippen LogP contribution in [0.3, 0.4) is 0 Å². The molecule has 0 atom stereocenters. The third-order valence-corrected chi connectivity index (χ3v) is 8.69. The highest BCUT2D eigenvalue weighted by molar-refractivity contribution is 6.60. The Hall–Kier alpha value is -0.113. The molecule has 0 unspecified atom stereocenters. The summed E-state index contributed by atoms with van der Waals surface area (Å²) in [5.74, 6) is 0. The summed E-state index contributed by atoms with van der Waals surface area (Å²) in [5.41, 5.74) is 0. The van der Waals surface area contributed by atoms with E-state index in [0.29, 0.717) is 26.2 Å². The predicted octanol–water partition coefficient (Wildman–Crippen LogP) is 8.84. The van der Waals surface area contributed by atoms with Crippen molar-refractivity contribution in [3.05, 3.63) is 0 Å². The molecule has 0 rings (SSSR count). The molecule has 0 heterocycles. The molecule has 31 heavy (non-hydrogen) atoms. The van der Waals surface area contributed by atoms with Crippen molar-refractivity contribution in [2.45, 2.75) is 136 Å². The third kappa shape index (κ3) is 20.2. The molecule has 0 aromatic carbocycles. The van der Waals surface area contributed by atoms with Gasteiger partial charge in [0.15, 0.2) is 0 Å². The molecule has 0 spiro atoms. The van der Waals surface area contributed by atoms with E-state index in [4.69, 9.17) is 13.3 Å². The summed E-state index contributed by atoms with van der Waals surface area (Å²) >= 11 is 0. The summed E-state index contributed by atoms with van der Waals surface area (Å²) in [6.07, 6.45) is 12.2. The molecule has 0 saturated heterocycles. The Bertz CT molecular complexity index is 365. The van der Waals surface area contributed by atoms with Crippen molar-refractivity contribution in [1.82, 2.24) is 0 Å². The van der Waals surface area contributed by atoms with Gasteiger partial charge in [0.25, 0.3) is 0 Å². The first-order valence-corrected chi connectivity index (χ1v) is 14.8. The van der Waals surface area contributed by atoms with E-state index in [0.717, 1.165) is 25.3 Å². The fourth-order valence-corrected chi connectivity index (χ4v) is 6.65. The Balaban J connectivity index is 3.44. The number of hydrogen-bond donors (Lipinski definition) is 0. The van der Waals surface area contributed by atoms with Crippen LogP contribution in [0.2, 0.25) is 6.04 Å². The molecule has 0 bridgehead atoms. The molecule has 0 fully saturated rings. The van der Waals surface area contributed by atoms with Crippen LogP contribution in [0.15, 0.2) is 0 Å². The molecule has 3 nitrogen and oxygen atoms in total. The van der Waals surface area contributed by atoms with Crippen LogP contribution in [0, 0.1) is 0 Å². The summed E-state index contributed by atoms with van der Waals surface area (Å²) in [4.78, 5) is 0. The standard InChI is InChI=1S/C24H49F3O3Si/c1-4-28-31(29-5-2,30-6-3)23-21-19-17-15-13-11-9-7-8-10-12-14-16-18-20-22-24(25,26)27/h4-23H2,1-3H3. The molecule has 0 aliphatic heterocycles. The highest BCUT2D eigenvalue weighted by Gasteiger charge is 2.39. The molecule has 0 amide bonds. The minimum atomic E-state index is -3.98. The Labute approximate surface area is 191 Å². The fourth-order valence-electron chi connectivity index (χ4n) is 3.97. The second kappa shape index (κ2) is 20.5. The Morgan fingerprint density at radius 2 is 0.774 bits per heavy atom. The fraction of sp³-hybridized carbons (Fsp3) is 1.00. The van der Waals surface area contributed by atoms with E-state index >= 15 is 0 Å². The Morgan fingerprint density at radius 3 is 1.06 bits per heavy atom. The SMILES string of the molecule is CCO[Si](CCCCCCCCCCCCCCCCCC(F)(F)F)(OCC)OCC. The van der Waals surface area contributed by atoms with E-state index in [9.17, 15) is 13.2 Å². The van der Waals surface area contributed by atoms with Gasteiger partial charge in [0, 0.05) is 32.3 Å². The summed E-state index contributed by atoms with van der Waals surface area (Å²) in [7, 11) is -2.46. The van der Waals surface area contributed by atoms with Crippen LogP contribution >= 0.6 is 0 Å². The molecule has 0 N–H and O–H groups in total.